The molecule has 1 aliphatic carbocycles. The van der Waals surface area contributed by atoms with Gasteiger partial charge in [-0.25, -0.2) is 4.68 Å². The Hall–Kier alpha value is -2.15. The number of carbonyl (C=O) groups is 1. The van der Waals surface area contributed by atoms with Gasteiger partial charge in [-0.3, -0.25) is 9.48 Å². The molecule has 130 valence electrons. The molecule has 2 aromatic heterocycles. The lowest BCUT2D eigenvalue weighted by Crippen LogP contribution is -2.37. The van der Waals surface area contributed by atoms with E-state index in [4.69, 9.17) is 0 Å². The predicted octanol–water partition coefficient (Wildman–Crippen LogP) is 2.12. The molecular weight excluding hydrogens is 304 g/mol. The molecule has 3 rings (SSSR count). The van der Waals surface area contributed by atoms with Crippen LogP contribution >= 0.6 is 0 Å². The molecule has 0 aromatic carbocycles. The normalized spacial score (nSPS) is 16.4. The van der Waals surface area contributed by atoms with Gasteiger partial charge in [0.15, 0.2) is 0 Å². The first kappa shape index (κ1) is 16.7. The lowest BCUT2D eigenvalue weighted by molar-refractivity contribution is -0.115. The van der Waals surface area contributed by atoms with Crippen LogP contribution in [0.1, 0.15) is 44.2 Å². The van der Waals surface area contributed by atoms with Crippen LogP contribution in [0.25, 0.3) is 0 Å². The Morgan fingerprint density at radius 3 is 2.88 bits per heavy atom. The average Bonchev–Trinajstić information content (AvgIpc) is 3.27. The van der Waals surface area contributed by atoms with E-state index in [-0.39, 0.29) is 18.5 Å². The topological polar surface area (TPSA) is 76.8 Å². The van der Waals surface area contributed by atoms with E-state index in [0.717, 1.165) is 30.8 Å². The summed E-state index contributed by atoms with van der Waals surface area (Å²) in [6.45, 7) is 5.08. The fourth-order valence-corrected chi connectivity index (χ4v) is 3.22. The lowest BCUT2D eigenvalue weighted by Gasteiger charge is -2.16. The summed E-state index contributed by atoms with van der Waals surface area (Å²) in [6, 6.07) is 2.45. The van der Waals surface area contributed by atoms with Crippen LogP contribution in [0.5, 0.6) is 0 Å². The molecule has 0 spiro atoms. The molecule has 0 saturated heterocycles. The van der Waals surface area contributed by atoms with Gasteiger partial charge in [0.1, 0.15) is 5.82 Å². The molecule has 0 radical (unpaired) electrons. The van der Waals surface area contributed by atoms with E-state index in [2.05, 4.69) is 20.8 Å². The average molecular weight is 330 g/mol. The van der Waals surface area contributed by atoms with Gasteiger partial charge in [-0.05, 0) is 32.3 Å². The van der Waals surface area contributed by atoms with Crippen LogP contribution in [0.2, 0.25) is 0 Å². The highest BCUT2D eigenvalue weighted by atomic mass is 16.2. The van der Waals surface area contributed by atoms with E-state index in [1.54, 1.807) is 6.20 Å². The zero-order valence-electron chi connectivity index (χ0n) is 14.4. The summed E-state index contributed by atoms with van der Waals surface area (Å²) in [4.78, 5) is 12.2. The number of aryl methyl sites for hydroxylation is 1. The van der Waals surface area contributed by atoms with Gasteiger partial charge in [-0.2, -0.15) is 10.2 Å². The second-order valence-electron chi connectivity index (χ2n) is 6.67. The molecule has 0 unspecified atom stereocenters. The van der Waals surface area contributed by atoms with Crippen LogP contribution in [0.4, 0.5) is 5.82 Å². The molecule has 1 fully saturated rings. The van der Waals surface area contributed by atoms with Crippen molar-refractivity contribution in [3.8, 4) is 0 Å². The lowest BCUT2D eigenvalue weighted by atomic mass is 10.2. The monoisotopic (exact) mass is 330 g/mol. The Bertz CT molecular complexity index is 670. The van der Waals surface area contributed by atoms with E-state index >= 15 is 0 Å². The highest BCUT2D eigenvalue weighted by molar-refractivity contribution is 5.91. The molecule has 24 heavy (non-hydrogen) atoms. The van der Waals surface area contributed by atoms with Crippen LogP contribution in [-0.4, -0.2) is 38.1 Å². The molecule has 2 heterocycles. The number of rotatable bonds is 7. The maximum absolute atomic E-state index is 12.2. The van der Waals surface area contributed by atoms with Gasteiger partial charge < -0.3 is 10.6 Å². The van der Waals surface area contributed by atoms with Crippen molar-refractivity contribution in [3.05, 3.63) is 30.2 Å². The summed E-state index contributed by atoms with van der Waals surface area (Å²) < 4.78 is 3.85. The summed E-state index contributed by atoms with van der Waals surface area (Å²) in [7, 11) is 0. The second kappa shape index (κ2) is 7.61. The number of carbonyl (C=O) groups excluding carboxylic acids is 1. The summed E-state index contributed by atoms with van der Waals surface area (Å²) in [6.07, 6.45) is 10.4. The Kier molecular flexibility index (Phi) is 5.30. The highest BCUT2D eigenvalue weighted by Gasteiger charge is 2.20. The summed E-state index contributed by atoms with van der Waals surface area (Å²) in [5.74, 6) is 0.752. The maximum Gasteiger partial charge on any atom is 0.239 e. The van der Waals surface area contributed by atoms with Gasteiger partial charge in [-0.1, -0.05) is 12.8 Å². The molecule has 7 nitrogen and oxygen atoms in total. The molecule has 1 amide bonds. The first-order valence-corrected chi connectivity index (χ1v) is 8.67. The van der Waals surface area contributed by atoms with Gasteiger partial charge in [-0.15, -0.1) is 0 Å². The summed E-state index contributed by atoms with van der Waals surface area (Å²) >= 11 is 0. The standard InChI is InChI=1S/C17H26N6O/c1-13-9-20-22(11-13)12-14(2)18-10-17(24)21-16-7-8-19-23(16)15-5-3-4-6-15/h7-9,11,14-15,18H,3-6,10,12H2,1-2H3,(H,21,24)/t14-/m0/s1. The number of nitrogens with zero attached hydrogens (tertiary/aromatic N) is 4. The largest absolute Gasteiger partial charge is 0.310 e. The molecular formula is C17H26N6O. The van der Waals surface area contributed by atoms with E-state index in [9.17, 15) is 4.79 Å². The van der Waals surface area contributed by atoms with E-state index < -0.39 is 0 Å². The third kappa shape index (κ3) is 4.23. The molecule has 2 N–H and O–H groups in total. The van der Waals surface area contributed by atoms with Crippen LogP contribution in [-0.2, 0) is 11.3 Å². The van der Waals surface area contributed by atoms with Gasteiger partial charge in [0.2, 0.25) is 5.91 Å². The zero-order valence-corrected chi connectivity index (χ0v) is 14.4. The minimum atomic E-state index is -0.0433. The first-order valence-electron chi connectivity index (χ1n) is 8.67. The smallest absolute Gasteiger partial charge is 0.239 e. The maximum atomic E-state index is 12.2. The molecule has 1 aliphatic rings. The quantitative estimate of drug-likeness (QED) is 0.815. The van der Waals surface area contributed by atoms with Crippen LogP contribution in [0, 0.1) is 6.92 Å². The zero-order chi connectivity index (χ0) is 16.9. The Labute approximate surface area is 142 Å². The first-order chi connectivity index (χ1) is 11.6. The van der Waals surface area contributed by atoms with Crippen molar-refractivity contribution in [3.63, 3.8) is 0 Å². The number of hydrogen-bond acceptors (Lipinski definition) is 4. The fourth-order valence-electron chi connectivity index (χ4n) is 3.22. The highest BCUT2D eigenvalue weighted by Crippen LogP contribution is 2.31. The Balaban J connectivity index is 1.46. The van der Waals surface area contributed by atoms with Crippen molar-refractivity contribution < 1.29 is 4.79 Å². The third-order valence-corrected chi connectivity index (χ3v) is 4.44. The van der Waals surface area contributed by atoms with E-state index in [1.807, 2.05) is 41.7 Å². The van der Waals surface area contributed by atoms with E-state index in [1.165, 1.54) is 12.8 Å². The van der Waals surface area contributed by atoms with Crippen molar-refractivity contribution in [2.24, 2.45) is 0 Å². The molecule has 7 heteroatoms. The number of aromatic nitrogens is 4. The van der Waals surface area contributed by atoms with Crippen LogP contribution in [0.3, 0.4) is 0 Å². The number of amides is 1. The van der Waals surface area contributed by atoms with Crippen molar-refractivity contribution >= 4 is 11.7 Å². The van der Waals surface area contributed by atoms with Crippen molar-refractivity contribution in [1.82, 2.24) is 24.9 Å². The Morgan fingerprint density at radius 2 is 2.17 bits per heavy atom. The van der Waals surface area contributed by atoms with Crippen molar-refractivity contribution in [2.45, 2.75) is 58.2 Å². The van der Waals surface area contributed by atoms with Gasteiger partial charge in [0.25, 0.3) is 0 Å². The minimum absolute atomic E-state index is 0.0433. The van der Waals surface area contributed by atoms with Crippen LogP contribution in [0.15, 0.2) is 24.7 Å². The number of anilines is 1. The molecule has 2 aromatic rings. The summed E-state index contributed by atoms with van der Waals surface area (Å²) in [5, 5.41) is 14.8. The second-order valence-corrected chi connectivity index (χ2v) is 6.67. The van der Waals surface area contributed by atoms with Gasteiger partial charge in [0.05, 0.1) is 31.5 Å². The van der Waals surface area contributed by atoms with Gasteiger partial charge in [0, 0.05) is 18.3 Å². The molecule has 0 aliphatic heterocycles. The SMILES string of the molecule is Cc1cnn(C[C@H](C)NCC(=O)Nc2ccnn2C2CCCC2)c1. The molecule has 0 bridgehead atoms. The van der Waals surface area contributed by atoms with Crippen molar-refractivity contribution in [1.29, 1.82) is 0 Å². The molecule has 1 atom stereocenters. The third-order valence-electron chi connectivity index (χ3n) is 4.44. The summed E-state index contributed by atoms with van der Waals surface area (Å²) in [5.41, 5.74) is 1.14. The van der Waals surface area contributed by atoms with Crippen molar-refractivity contribution in [2.75, 3.05) is 11.9 Å². The minimum Gasteiger partial charge on any atom is -0.310 e. The number of nitrogens with one attached hydrogen (secondary N) is 2. The number of hydrogen-bond donors (Lipinski definition) is 2. The predicted molar refractivity (Wildman–Crippen MR) is 92.8 cm³/mol. The van der Waals surface area contributed by atoms with E-state index in [0.29, 0.717) is 6.04 Å². The Morgan fingerprint density at radius 1 is 1.38 bits per heavy atom. The van der Waals surface area contributed by atoms with Crippen LogP contribution < -0.4 is 10.6 Å². The molecule has 1 saturated carbocycles. The fraction of sp³-hybridized carbons (Fsp3) is 0.588. The van der Waals surface area contributed by atoms with Gasteiger partial charge >= 0.3 is 0 Å².